The lowest BCUT2D eigenvalue weighted by molar-refractivity contribution is 0.597. The second kappa shape index (κ2) is 6.46. The first-order valence-corrected chi connectivity index (χ1v) is 10.4. The van der Waals surface area contributed by atoms with Gasteiger partial charge in [-0.1, -0.05) is 30.0 Å². The van der Waals surface area contributed by atoms with E-state index in [1.165, 1.54) is 27.7 Å². The first-order valence-electron chi connectivity index (χ1n) is 6.84. The summed E-state index contributed by atoms with van der Waals surface area (Å²) in [5.74, 6) is 0.340. The highest BCUT2D eigenvalue weighted by molar-refractivity contribution is 8.00. The normalized spacial score (nSPS) is 11.9. The summed E-state index contributed by atoms with van der Waals surface area (Å²) in [6, 6.07) is 10.2. The third-order valence-corrected chi connectivity index (χ3v) is 7.25. The maximum Gasteiger partial charge on any atom is 0.271 e. The van der Waals surface area contributed by atoms with Crippen LogP contribution in [0.2, 0.25) is 0 Å². The van der Waals surface area contributed by atoms with Crippen molar-refractivity contribution in [2.75, 3.05) is 11.5 Å². The molecule has 3 rings (SSSR count). The molecule has 0 spiro atoms. The van der Waals surface area contributed by atoms with Crippen LogP contribution in [0.15, 0.2) is 56.6 Å². The number of sulfone groups is 1. The van der Waals surface area contributed by atoms with Crippen LogP contribution in [0.4, 0.5) is 0 Å². The fraction of sp³-hybridized carbons (Fsp3) is 0.200. The summed E-state index contributed by atoms with van der Waals surface area (Å²) in [5.41, 5.74) is 0.560. The van der Waals surface area contributed by atoms with Crippen molar-refractivity contribution < 1.29 is 8.42 Å². The molecular weight excluding hydrogens is 352 g/mol. The molecule has 0 unspecified atom stereocenters. The van der Waals surface area contributed by atoms with Gasteiger partial charge in [0, 0.05) is 12.8 Å². The molecule has 5 nitrogen and oxygen atoms in total. The molecule has 0 N–H and O–H groups in total. The molecule has 0 radical (unpaired) electrons. The zero-order valence-corrected chi connectivity index (χ0v) is 14.7. The van der Waals surface area contributed by atoms with E-state index < -0.39 is 9.84 Å². The predicted octanol–water partition coefficient (Wildman–Crippen LogP) is 2.56. The van der Waals surface area contributed by atoms with Crippen LogP contribution in [0.1, 0.15) is 0 Å². The zero-order chi connectivity index (χ0) is 16.4. The highest BCUT2D eigenvalue weighted by Crippen LogP contribution is 2.21. The predicted molar refractivity (Wildman–Crippen MR) is 94.1 cm³/mol. The number of hydrogen-bond donors (Lipinski definition) is 0. The number of benzene rings is 1. The van der Waals surface area contributed by atoms with E-state index in [2.05, 4.69) is 4.98 Å². The summed E-state index contributed by atoms with van der Waals surface area (Å²) >= 11 is 2.64. The van der Waals surface area contributed by atoms with Crippen LogP contribution in [0, 0.1) is 0 Å². The molecule has 0 amide bonds. The lowest BCUT2D eigenvalue weighted by Gasteiger charge is -2.07. The molecule has 3 aromatic rings. The van der Waals surface area contributed by atoms with E-state index in [0.29, 0.717) is 26.0 Å². The molecule has 23 heavy (non-hydrogen) atoms. The van der Waals surface area contributed by atoms with Gasteiger partial charge in [0.15, 0.2) is 15.0 Å². The van der Waals surface area contributed by atoms with Gasteiger partial charge in [0.1, 0.15) is 4.70 Å². The third-order valence-electron chi connectivity index (χ3n) is 3.33. The Balaban J connectivity index is 1.77. The number of nitrogens with zero attached hydrogens (tertiary/aromatic N) is 2. The maximum atomic E-state index is 12.2. The summed E-state index contributed by atoms with van der Waals surface area (Å²) in [5, 5.41) is 2.36. The Hall–Kier alpha value is -1.64. The van der Waals surface area contributed by atoms with E-state index in [0.717, 1.165) is 0 Å². The van der Waals surface area contributed by atoms with Crippen LogP contribution >= 0.6 is 23.1 Å². The zero-order valence-electron chi connectivity index (χ0n) is 12.3. The first kappa shape index (κ1) is 16.2. The Kier molecular flexibility index (Phi) is 4.56. The van der Waals surface area contributed by atoms with Gasteiger partial charge in [0.05, 0.1) is 16.2 Å². The van der Waals surface area contributed by atoms with Gasteiger partial charge in [-0.3, -0.25) is 9.36 Å². The quantitative estimate of drug-likeness (QED) is 0.513. The number of thioether (sulfide) groups is 1. The van der Waals surface area contributed by atoms with Crippen LogP contribution < -0.4 is 5.56 Å². The number of rotatable bonds is 5. The van der Waals surface area contributed by atoms with Gasteiger partial charge in [-0.05, 0) is 23.6 Å². The van der Waals surface area contributed by atoms with Gasteiger partial charge in [0.2, 0.25) is 0 Å². The average Bonchev–Trinajstić information content (AvgIpc) is 3.01. The number of hydrogen-bond acceptors (Lipinski definition) is 6. The second-order valence-corrected chi connectivity index (χ2v) is 8.96. The van der Waals surface area contributed by atoms with Crippen LogP contribution in [0.3, 0.4) is 0 Å². The molecule has 0 aliphatic rings. The molecule has 0 aliphatic heterocycles. The van der Waals surface area contributed by atoms with Gasteiger partial charge < -0.3 is 0 Å². The molecule has 0 fully saturated rings. The van der Waals surface area contributed by atoms with E-state index in [-0.39, 0.29) is 11.3 Å². The first-order chi connectivity index (χ1) is 11.0. The van der Waals surface area contributed by atoms with Crippen molar-refractivity contribution in [2.45, 2.75) is 10.1 Å². The highest BCUT2D eigenvalue weighted by Gasteiger charge is 2.15. The lowest BCUT2D eigenvalue weighted by Crippen LogP contribution is -2.19. The summed E-state index contributed by atoms with van der Waals surface area (Å²) in [7, 11) is -1.66. The number of fused-ring (bicyclic) bond motifs is 1. The summed E-state index contributed by atoms with van der Waals surface area (Å²) < 4.78 is 26.6. The summed E-state index contributed by atoms with van der Waals surface area (Å²) in [6.07, 6.45) is 0. The van der Waals surface area contributed by atoms with Crippen molar-refractivity contribution >= 4 is 43.2 Å². The minimum Gasteiger partial charge on any atom is -0.290 e. The largest absolute Gasteiger partial charge is 0.290 e. The Morgan fingerprint density at radius 2 is 1.96 bits per heavy atom. The van der Waals surface area contributed by atoms with Crippen molar-refractivity contribution in [1.82, 2.24) is 9.55 Å². The van der Waals surface area contributed by atoms with Crippen LogP contribution in [-0.4, -0.2) is 29.5 Å². The Labute approximate surface area is 141 Å². The Morgan fingerprint density at radius 3 is 2.70 bits per heavy atom. The minimum atomic E-state index is -3.32. The Morgan fingerprint density at radius 1 is 1.22 bits per heavy atom. The molecule has 0 bridgehead atoms. The molecule has 1 aromatic carbocycles. The van der Waals surface area contributed by atoms with Crippen LogP contribution in [0.5, 0.6) is 0 Å². The van der Waals surface area contributed by atoms with E-state index in [1.807, 2.05) is 5.38 Å². The average molecular weight is 366 g/mol. The topological polar surface area (TPSA) is 69.0 Å². The van der Waals surface area contributed by atoms with Gasteiger partial charge >= 0.3 is 0 Å². The van der Waals surface area contributed by atoms with Crippen molar-refractivity contribution in [3.63, 3.8) is 0 Å². The van der Waals surface area contributed by atoms with Crippen LogP contribution in [-0.2, 0) is 16.9 Å². The molecule has 8 heteroatoms. The summed E-state index contributed by atoms with van der Waals surface area (Å²) in [4.78, 5) is 16.9. The molecule has 0 atom stereocenters. The summed E-state index contributed by atoms with van der Waals surface area (Å²) in [6.45, 7) is 0. The molecule has 0 saturated carbocycles. The standard InChI is InChI=1S/C15H14N2O3S3/c1-17-14(18)13-12(7-8-21-13)16-15(17)22-9-10-23(19,20)11-5-3-2-4-6-11/h2-8H,9-10H2,1H3. The van der Waals surface area contributed by atoms with E-state index >= 15 is 0 Å². The van der Waals surface area contributed by atoms with Gasteiger partial charge in [0.25, 0.3) is 5.56 Å². The maximum absolute atomic E-state index is 12.2. The van der Waals surface area contributed by atoms with Gasteiger partial charge in [-0.25, -0.2) is 13.4 Å². The van der Waals surface area contributed by atoms with Crippen molar-refractivity contribution in [3.05, 3.63) is 52.1 Å². The van der Waals surface area contributed by atoms with Crippen LogP contribution in [0.25, 0.3) is 10.2 Å². The smallest absolute Gasteiger partial charge is 0.271 e. The van der Waals surface area contributed by atoms with Crippen molar-refractivity contribution in [1.29, 1.82) is 0 Å². The monoisotopic (exact) mass is 366 g/mol. The van der Waals surface area contributed by atoms with Crippen molar-refractivity contribution in [2.24, 2.45) is 7.05 Å². The fourth-order valence-electron chi connectivity index (χ4n) is 2.09. The second-order valence-electron chi connectivity index (χ2n) is 4.87. The Bertz CT molecular complexity index is 992. The number of aromatic nitrogens is 2. The van der Waals surface area contributed by atoms with Gasteiger partial charge in [-0.2, -0.15) is 0 Å². The highest BCUT2D eigenvalue weighted by atomic mass is 32.2. The number of thiophene rings is 1. The molecule has 2 aromatic heterocycles. The molecule has 0 saturated heterocycles. The molecule has 120 valence electrons. The third kappa shape index (κ3) is 3.34. The van der Waals surface area contributed by atoms with Crippen molar-refractivity contribution in [3.8, 4) is 0 Å². The van der Waals surface area contributed by atoms with Gasteiger partial charge in [-0.15, -0.1) is 11.3 Å². The molecule has 0 aliphatic carbocycles. The minimum absolute atomic E-state index is 0.000769. The van der Waals surface area contributed by atoms with E-state index in [4.69, 9.17) is 0 Å². The fourth-order valence-corrected chi connectivity index (χ4v) is 5.53. The van der Waals surface area contributed by atoms with E-state index in [1.54, 1.807) is 43.4 Å². The molecular formula is C15H14N2O3S3. The lowest BCUT2D eigenvalue weighted by atomic mass is 10.4. The molecule has 2 heterocycles. The SMILES string of the molecule is Cn1c(SCCS(=O)(=O)c2ccccc2)nc2ccsc2c1=O. The van der Waals surface area contributed by atoms with E-state index in [9.17, 15) is 13.2 Å².